The first-order chi connectivity index (χ1) is 10.9. The van der Waals surface area contributed by atoms with Gasteiger partial charge < -0.3 is 19.7 Å². The number of fused-ring (bicyclic) bond motifs is 1. The molecule has 0 bridgehead atoms. The predicted molar refractivity (Wildman–Crippen MR) is 82.3 cm³/mol. The summed E-state index contributed by atoms with van der Waals surface area (Å²) in [6, 6.07) is 0. The largest absolute Gasteiger partial charge is 0.466 e. The molecule has 4 atom stereocenters. The second-order valence-electron chi connectivity index (χ2n) is 6.24. The molecule has 0 aromatic heterocycles. The van der Waals surface area contributed by atoms with Gasteiger partial charge in [-0.05, 0) is 29.9 Å². The molecule has 2 N–H and O–H groups in total. The van der Waals surface area contributed by atoms with E-state index in [4.69, 9.17) is 9.47 Å². The molecule has 1 fully saturated rings. The first kappa shape index (κ1) is 17.7. The van der Waals surface area contributed by atoms with E-state index in [0.29, 0.717) is 31.4 Å². The van der Waals surface area contributed by atoms with Crippen molar-refractivity contribution in [3.63, 3.8) is 0 Å². The van der Waals surface area contributed by atoms with Crippen LogP contribution in [-0.2, 0) is 19.1 Å². The summed E-state index contributed by atoms with van der Waals surface area (Å²) in [5.74, 6) is -1.22. The number of hydrogen-bond acceptors (Lipinski definition) is 6. The Morgan fingerprint density at radius 1 is 1.52 bits per heavy atom. The lowest BCUT2D eigenvalue weighted by Crippen LogP contribution is -2.38. The van der Waals surface area contributed by atoms with Gasteiger partial charge >= 0.3 is 11.9 Å². The van der Waals surface area contributed by atoms with Gasteiger partial charge in [0, 0.05) is 18.9 Å². The predicted octanol–water partition coefficient (Wildman–Crippen LogP) is 1.12. The molecule has 6 nitrogen and oxygen atoms in total. The fourth-order valence-electron chi connectivity index (χ4n) is 3.53. The third kappa shape index (κ3) is 3.64. The monoisotopic (exact) mass is 324 g/mol. The van der Waals surface area contributed by atoms with Gasteiger partial charge in [0.1, 0.15) is 6.10 Å². The Bertz CT molecular complexity index is 535. The Kier molecular flexibility index (Phi) is 5.59. The number of rotatable bonds is 6. The fourth-order valence-corrected chi connectivity index (χ4v) is 3.53. The van der Waals surface area contributed by atoms with Crippen LogP contribution < -0.4 is 0 Å². The highest BCUT2D eigenvalue weighted by atomic mass is 16.6. The summed E-state index contributed by atoms with van der Waals surface area (Å²) in [5.41, 5.74) is 1.78. The molecule has 0 aromatic rings. The van der Waals surface area contributed by atoms with Crippen molar-refractivity contribution < 1.29 is 29.3 Å². The maximum absolute atomic E-state index is 11.7. The molecule has 0 radical (unpaired) electrons. The standard InChI is InChI=1S/C17H24O6/c1-9(5-4-6-22-11(3)19)14-12(8-18)7-13-15(16(14)20)10(2)17(21)23-13/h9,13,15-16,18,20H,2,4-8H2,1,3H3/t9-,13+,15+,16+/m0/s1. The molecule has 128 valence electrons. The molecule has 0 aromatic carbocycles. The smallest absolute Gasteiger partial charge is 0.334 e. The zero-order valence-corrected chi connectivity index (χ0v) is 13.6. The molecule has 23 heavy (non-hydrogen) atoms. The maximum Gasteiger partial charge on any atom is 0.334 e. The highest BCUT2D eigenvalue weighted by molar-refractivity contribution is 5.91. The molecular weight excluding hydrogens is 300 g/mol. The third-order valence-corrected chi connectivity index (χ3v) is 4.65. The quantitative estimate of drug-likeness (QED) is 0.329. The second kappa shape index (κ2) is 7.27. The van der Waals surface area contributed by atoms with Gasteiger partial charge in [-0.3, -0.25) is 4.79 Å². The van der Waals surface area contributed by atoms with Gasteiger partial charge in [0.25, 0.3) is 0 Å². The average molecular weight is 324 g/mol. The minimum Gasteiger partial charge on any atom is -0.466 e. The van der Waals surface area contributed by atoms with Crippen LogP contribution in [0, 0.1) is 11.8 Å². The van der Waals surface area contributed by atoms with Gasteiger partial charge in [-0.2, -0.15) is 0 Å². The number of carbonyl (C=O) groups is 2. The Labute approximate surface area is 135 Å². The van der Waals surface area contributed by atoms with Crippen LogP contribution in [0.1, 0.15) is 33.1 Å². The van der Waals surface area contributed by atoms with Crippen molar-refractivity contribution in [2.45, 2.75) is 45.3 Å². The Balaban J connectivity index is 2.09. The molecule has 1 saturated heterocycles. The maximum atomic E-state index is 11.7. The average Bonchev–Trinajstić information content (AvgIpc) is 2.78. The van der Waals surface area contributed by atoms with E-state index in [1.165, 1.54) is 6.92 Å². The van der Waals surface area contributed by atoms with E-state index in [0.717, 1.165) is 11.1 Å². The molecule has 6 heteroatoms. The third-order valence-electron chi connectivity index (χ3n) is 4.65. The molecule has 0 saturated carbocycles. The summed E-state index contributed by atoms with van der Waals surface area (Å²) >= 11 is 0. The highest BCUT2D eigenvalue weighted by Crippen LogP contribution is 2.43. The summed E-state index contributed by atoms with van der Waals surface area (Å²) in [6.45, 7) is 7.22. The van der Waals surface area contributed by atoms with E-state index < -0.39 is 24.1 Å². The van der Waals surface area contributed by atoms with Crippen LogP contribution in [0.25, 0.3) is 0 Å². The van der Waals surface area contributed by atoms with Crippen molar-refractivity contribution in [2.75, 3.05) is 13.2 Å². The van der Waals surface area contributed by atoms with E-state index in [2.05, 4.69) is 6.58 Å². The van der Waals surface area contributed by atoms with E-state index >= 15 is 0 Å². The van der Waals surface area contributed by atoms with Crippen molar-refractivity contribution in [2.24, 2.45) is 11.8 Å². The topological polar surface area (TPSA) is 93.1 Å². The van der Waals surface area contributed by atoms with E-state index in [1.807, 2.05) is 6.92 Å². The summed E-state index contributed by atoms with van der Waals surface area (Å²) in [6.07, 6.45) is 0.483. The summed E-state index contributed by atoms with van der Waals surface area (Å²) in [4.78, 5) is 22.4. The molecule has 0 unspecified atom stereocenters. The van der Waals surface area contributed by atoms with E-state index in [-0.39, 0.29) is 18.5 Å². The summed E-state index contributed by atoms with van der Waals surface area (Å²) < 4.78 is 10.1. The SMILES string of the molecule is C=C1C(=O)O[C@@H]2CC(CO)=C([C@@H](C)CCCOC(C)=O)[C@@H](O)[C@H]12. The lowest BCUT2D eigenvalue weighted by Gasteiger charge is -2.35. The van der Waals surface area contributed by atoms with Gasteiger partial charge in [0.2, 0.25) is 0 Å². The number of esters is 2. The Morgan fingerprint density at radius 2 is 2.22 bits per heavy atom. The lowest BCUT2D eigenvalue weighted by atomic mass is 9.73. The van der Waals surface area contributed by atoms with Crippen molar-refractivity contribution in [3.8, 4) is 0 Å². The van der Waals surface area contributed by atoms with Crippen LogP contribution >= 0.6 is 0 Å². The molecule has 2 rings (SSSR count). The lowest BCUT2D eigenvalue weighted by molar-refractivity contribution is -0.141. The number of carbonyl (C=O) groups excluding carboxylic acids is 2. The normalized spacial score (nSPS) is 28.4. The zero-order chi connectivity index (χ0) is 17.1. The molecular formula is C17H24O6. The van der Waals surface area contributed by atoms with Crippen LogP contribution in [0.2, 0.25) is 0 Å². The van der Waals surface area contributed by atoms with Crippen LogP contribution in [0.15, 0.2) is 23.3 Å². The summed E-state index contributed by atoms with van der Waals surface area (Å²) in [7, 11) is 0. The Hall–Kier alpha value is -1.66. The number of aliphatic hydroxyl groups is 2. The number of aliphatic hydroxyl groups excluding tert-OH is 2. The minimum absolute atomic E-state index is 0.00663. The van der Waals surface area contributed by atoms with Crippen LogP contribution in [0.4, 0.5) is 0 Å². The van der Waals surface area contributed by atoms with Gasteiger partial charge in [-0.25, -0.2) is 4.79 Å². The van der Waals surface area contributed by atoms with Crippen molar-refractivity contribution in [3.05, 3.63) is 23.3 Å². The first-order valence-electron chi connectivity index (χ1n) is 7.90. The van der Waals surface area contributed by atoms with Gasteiger partial charge in [-0.15, -0.1) is 0 Å². The zero-order valence-electron chi connectivity index (χ0n) is 13.6. The molecule has 2 aliphatic rings. The van der Waals surface area contributed by atoms with Crippen LogP contribution in [0.3, 0.4) is 0 Å². The van der Waals surface area contributed by atoms with E-state index in [1.54, 1.807) is 0 Å². The van der Waals surface area contributed by atoms with Gasteiger partial charge in [-0.1, -0.05) is 13.5 Å². The second-order valence-corrected chi connectivity index (χ2v) is 6.24. The van der Waals surface area contributed by atoms with Crippen LogP contribution in [0.5, 0.6) is 0 Å². The van der Waals surface area contributed by atoms with Crippen molar-refractivity contribution in [1.29, 1.82) is 0 Å². The molecule has 1 aliphatic carbocycles. The first-order valence-corrected chi connectivity index (χ1v) is 7.90. The molecule has 0 amide bonds. The fraction of sp³-hybridized carbons (Fsp3) is 0.647. The van der Waals surface area contributed by atoms with Crippen molar-refractivity contribution >= 4 is 11.9 Å². The molecule has 1 aliphatic heterocycles. The van der Waals surface area contributed by atoms with Gasteiger partial charge in [0.05, 0.1) is 25.2 Å². The Morgan fingerprint density at radius 3 is 2.83 bits per heavy atom. The molecule has 0 spiro atoms. The van der Waals surface area contributed by atoms with E-state index in [9.17, 15) is 19.8 Å². The highest BCUT2D eigenvalue weighted by Gasteiger charge is 2.48. The minimum atomic E-state index is -0.876. The number of hydrogen-bond donors (Lipinski definition) is 2. The van der Waals surface area contributed by atoms with Crippen molar-refractivity contribution in [1.82, 2.24) is 0 Å². The summed E-state index contributed by atoms with van der Waals surface area (Å²) in [5, 5.41) is 20.3. The molecule has 1 heterocycles. The number of ether oxygens (including phenoxy) is 2. The van der Waals surface area contributed by atoms with Gasteiger partial charge in [0.15, 0.2) is 0 Å². The van der Waals surface area contributed by atoms with Crippen LogP contribution in [-0.4, -0.2) is 47.6 Å².